The Balaban J connectivity index is 2.27. The van der Waals surface area contributed by atoms with Crippen molar-refractivity contribution in [2.24, 2.45) is 5.92 Å². The van der Waals surface area contributed by atoms with Gasteiger partial charge in [-0.15, -0.1) is 0 Å². The Morgan fingerprint density at radius 1 is 1.32 bits per heavy atom. The van der Waals surface area contributed by atoms with Gasteiger partial charge in [0.05, 0.1) is 5.56 Å². The summed E-state index contributed by atoms with van der Waals surface area (Å²) in [5.74, 6) is 1.29. The second-order valence-electron chi connectivity index (χ2n) is 5.09. The van der Waals surface area contributed by atoms with Crippen LogP contribution in [0.1, 0.15) is 20.3 Å². The van der Waals surface area contributed by atoms with E-state index in [1.165, 1.54) is 11.5 Å². The molecular weight excluding hydrogens is 256 g/mol. The summed E-state index contributed by atoms with van der Waals surface area (Å²) < 4.78 is 4.30. The average Bonchev–Trinajstić information content (AvgIpc) is 2.79. The first kappa shape index (κ1) is 13.8. The van der Waals surface area contributed by atoms with Gasteiger partial charge in [0.25, 0.3) is 0 Å². The molecule has 0 aromatic carbocycles. The maximum atomic E-state index is 6.02. The van der Waals surface area contributed by atoms with E-state index < -0.39 is 0 Å². The van der Waals surface area contributed by atoms with Crippen molar-refractivity contribution in [1.82, 2.24) is 9.36 Å². The van der Waals surface area contributed by atoms with E-state index in [4.69, 9.17) is 5.73 Å². The molecule has 2 aromatic rings. The number of hydrogen-bond donors (Lipinski definition) is 1. The molecule has 0 aliphatic carbocycles. The van der Waals surface area contributed by atoms with Crippen molar-refractivity contribution in [2.75, 3.05) is 24.2 Å². The molecule has 0 amide bonds. The number of rotatable bonds is 5. The van der Waals surface area contributed by atoms with Crippen LogP contribution in [0.3, 0.4) is 0 Å². The molecule has 0 aliphatic heterocycles. The summed E-state index contributed by atoms with van der Waals surface area (Å²) >= 11 is 1.46. The Kier molecular flexibility index (Phi) is 4.37. The molecule has 0 radical (unpaired) electrons. The maximum absolute atomic E-state index is 6.02. The summed E-state index contributed by atoms with van der Waals surface area (Å²) in [4.78, 5) is 6.29. The van der Waals surface area contributed by atoms with Crippen molar-refractivity contribution in [1.29, 1.82) is 0 Å². The molecule has 2 aromatic heterocycles. The molecule has 0 spiro atoms. The zero-order chi connectivity index (χ0) is 13.8. The van der Waals surface area contributed by atoms with Gasteiger partial charge in [-0.3, -0.25) is 4.98 Å². The first-order valence-corrected chi connectivity index (χ1v) is 7.23. The molecule has 4 nitrogen and oxygen atoms in total. The van der Waals surface area contributed by atoms with Gasteiger partial charge < -0.3 is 10.6 Å². The van der Waals surface area contributed by atoms with Gasteiger partial charge in [0, 0.05) is 26.0 Å². The Morgan fingerprint density at radius 2 is 2.00 bits per heavy atom. The van der Waals surface area contributed by atoms with Gasteiger partial charge in [-0.1, -0.05) is 13.8 Å². The van der Waals surface area contributed by atoms with Crippen LogP contribution in [0.25, 0.3) is 11.1 Å². The van der Waals surface area contributed by atoms with Crippen LogP contribution in [0.2, 0.25) is 0 Å². The second-order valence-corrected chi connectivity index (χ2v) is 5.84. The van der Waals surface area contributed by atoms with E-state index in [1.807, 2.05) is 12.1 Å². The zero-order valence-corrected chi connectivity index (χ0v) is 12.4. The highest BCUT2D eigenvalue weighted by molar-refractivity contribution is 7.11. The molecule has 0 atom stereocenters. The minimum Gasteiger partial charge on any atom is -0.382 e. The van der Waals surface area contributed by atoms with Crippen LogP contribution >= 0.6 is 11.5 Å². The van der Waals surface area contributed by atoms with Crippen LogP contribution in [0.4, 0.5) is 10.8 Å². The highest BCUT2D eigenvalue weighted by Crippen LogP contribution is 2.38. The molecule has 0 bridgehead atoms. The molecule has 2 N–H and O–H groups in total. The first-order valence-electron chi connectivity index (χ1n) is 6.46. The molecule has 102 valence electrons. The lowest BCUT2D eigenvalue weighted by molar-refractivity contribution is 0.586. The SMILES string of the molecule is CC(C)CCN(C)c1snc(N)c1-c1ccncc1. The summed E-state index contributed by atoms with van der Waals surface area (Å²) in [5.41, 5.74) is 8.12. The highest BCUT2D eigenvalue weighted by Gasteiger charge is 2.16. The zero-order valence-electron chi connectivity index (χ0n) is 11.6. The summed E-state index contributed by atoms with van der Waals surface area (Å²) in [6, 6.07) is 3.94. The largest absolute Gasteiger partial charge is 0.382 e. The Hall–Kier alpha value is -1.62. The standard InChI is InChI=1S/C14H20N4S/c1-10(2)6-9-18(3)14-12(13(15)17-19-14)11-4-7-16-8-5-11/h4-5,7-8,10H,6,9H2,1-3H3,(H2,15,17). The van der Waals surface area contributed by atoms with E-state index in [-0.39, 0.29) is 0 Å². The minimum atomic E-state index is 0.600. The molecule has 2 heterocycles. The van der Waals surface area contributed by atoms with Crippen LogP contribution in [0.15, 0.2) is 24.5 Å². The quantitative estimate of drug-likeness (QED) is 0.910. The summed E-state index contributed by atoms with van der Waals surface area (Å²) in [7, 11) is 2.10. The Labute approximate surface area is 118 Å². The highest BCUT2D eigenvalue weighted by atomic mass is 32.1. The van der Waals surface area contributed by atoms with E-state index in [1.54, 1.807) is 12.4 Å². The van der Waals surface area contributed by atoms with Gasteiger partial charge in [0.2, 0.25) is 0 Å². The number of nitrogens with two attached hydrogens (primary N) is 1. The lowest BCUT2D eigenvalue weighted by Crippen LogP contribution is -2.19. The number of anilines is 2. The predicted octanol–water partition coefficient (Wildman–Crippen LogP) is 3.27. The van der Waals surface area contributed by atoms with Crippen LogP contribution in [0.5, 0.6) is 0 Å². The second kappa shape index (κ2) is 6.02. The van der Waals surface area contributed by atoms with E-state index in [0.29, 0.717) is 11.7 Å². The summed E-state index contributed by atoms with van der Waals surface area (Å²) in [6.07, 6.45) is 4.72. The van der Waals surface area contributed by atoms with Crippen LogP contribution < -0.4 is 10.6 Å². The van der Waals surface area contributed by atoms with Crippen LogP contribution in [-0.4, -0.2) is 22.9 Å². The Morgan fingerprint density at radius 3 is 2.63 bits per heavy atom. The number of pyridine rings is 1. The number of aromatic nitrogens is 2. The predicted molar refractivity (Wildman–Crippen MR) is 82.5 cm³/mol. The summed E-state index contributed by atoms with van der Waals surface area (Å²) in [6.45, 7) is 5.48. The van der Waals surface area contributed by atoms with Crippen LogP contribution in [0, 0.1) is 5.92 Å². The fourth-order valence-electron chi connectivity index (χ4n) is 1.90. The van der Waals surface area contributed by atoms with Crippen molar-refractivity contribution < 1.29 is 0 Å². The monoisotopic (exact) mass is 276 g/mol. The molecule has 0 saturated heterocycles. The van der Waals surface area contributed by atoms with Gasteiger partial charge in [0.1, 0.15) is 10.8 Å². The lowest BCUT2D eigenvalue weighted by Gasteiger charge is -2.19. The topological polar surface area (TPSA) is 55.0 Å². The molecule has 19 heavy (non-hydrogen) atoms. The fourth-order valence-corrected chi connectivity index (χ4v) is 2.72. The van der Waals surface area contributed by atoms with E-state index in [0.717, 1.165) is 29.1 Å². The number of hydrogen-bond acceptors (Lipinski definition) is 5. The van der Waals surface area contributed by atoms with E-state index in [2.05, 4.69) is 35.2 Å². The van der Waals surface area contributed by atoms with Gasteiger partial charge in [-0.05, 0) is 41.6 Å². The molecule has 0 unspecified atom stereocenters. The molecule has 5 heteroatoms. The summed E-state index contributed by atoms with van der Waals surface area (Å²) in [5, 5.41) is 1.13. The Bertz CT molecular complexity index is 521. The van der Waals surface area contributed by atoms with Gasteiger partial charge >= 0.3 is 0 Å². The normalized spacial score (nSPS) is 10.9. The molecular formula is C14H20N4S. The minimum absolute atomic E-state index is 0.600. The molecule has 0 aliphatic rings. The first-order chi connectivity index (χ1) is 9.09. The van der Waals surface area contributed by atoms with E-state index >= 15 is 0 Å². The fraction of sp³-hybridized carbons (Fsp3) is 0.429. The molecule has 2 rings (SSSR count). The van der Waals surface area contributed by atoms with Crippen molar-refractivity contribution in [3.63, 3.8) is 0 Å². The van der Waals surface area contributed by atoms with E-state index in [9.17, 15) is 0 Å². The van der Waals surface area contributed by atoms with Crippen molar-refractivity contribution in [2.45, 2.75) is 20.3 Å². The molecule has 0 saturated carbocycles. The lowest BCUT2D eigenvalue weighted by atomic mass is 10.1. The van der Waals surface area contributed by atoms with Crippen molar-refractivity contribution in [3.8, 4) is 11.1 Å². The molecule has 0 fully saturated rings. The third-order valence-corrected chi connectivity index (χ3v) is 4.03. The third-order valence-electron chi connectivity index (χ3n) is 3.06. The third kappa shape index (κ3) is 3.23. The number of nitrogen functional groups attached to an aromatic ring is 1. The van der Waals surface area contributed by atoms with Crippen molar-refractivity contribution in [3.05, 3.63) is 24.5 Å². The smallest absolute Gasteiger partial charge is 0.147 e. The van der Waals surface area contributed by atoms with Gasteiger partial charge in [0.15, 0.2) is 0 Å². The van der Waals surface area contributed by atoms with Gasteiger partial charge in [-0.2, -0.15) is 4.37 Å². The maximum Gasteiger partial charge on any atom is 0.147 e. The van der Waals surface area contributed by atoms with Crippen molar-refractivity contribution >= 4 is 22.4 Å². The number of nitrogens with zero attached hydrogens (tertiary/aromatic N) is 3. The van der Waals surface area contributed by atoms with Crippen LogP contribution in [-0.2, 0) is 0 Å². The van der Waals surface area contributed by atoms with Gasteiger partial charge in [-0.25, -0.2) is 0 Å². The average molecular weight is 276 g/mol.